The van der Waals surface area contributed by atoms with Crippen LogP contribution in [-0.2, 0) is 10.0 Å². The van der Waals surface area contributed by atoms with Crippen molar-refractivity contribution < 1.29 is 13.3 Å². The number of hydrogen-bond acceptors (Lipinski definition) is 5. The molecule has 9 heteroatoms. The molecular formula is C14H20BrN3O4S. The molecule has 128 valence electrons. The van der Waals surface area contributed by atoms with Crippen LogP contribution in [0.3, 0.4) is 0 Å². The van der Waals surface area contributed by atoms with Crippen molar-refractivity contribution in [2.45, 2.75) is 25.8 Å². The van der Waals surface area contributed by atoms with Crippen molar-refractivity contribution in [1.29, 1.82) is 0 Å². The second kappa shape index (κ2) is 7.14. The molecule has 23 heavy (non-hydrogen) atoms. The number of nitro benzene ring substituents is 1. The second-order valence-corrected chi connectivity index (χ2v) is 8.37. The van der Waals surface area contributed by atoms with Gasteiger partial charge in [-0.15, -0.1) is 0 Å². The van der Waals surface area contributed by atoms with E-state index in [2.05, 4.69) is 20.8 Å². The number of non-ortho nitro benzene ring substituents is 1. The van der Waals surface area contributed by atoms with Gasteiger partial charge in [0.2, 0.25) is 10.0 Å². The molecule has 0 atom stereocenters. The molecule has 0 amide bonds. The summed E-state index contributed by atoms with van der Waals surface area (Å²) in [5, 5.41) is 10.8. The second-order valence-electron chi connectivity index (χ2n) is 5.58. The molecule has 0 bridgehead atoms. The van der Waals surface area contributed by atoms with Crippen LogP contribution in [0.1, 0.15) is 19.8 Å². The molecule has 0 saturated carbocycles. The summed E-state index contributed by atoms with van der Waals surface area (Å²) < 4.78 is 25.9. The largest absolute Gasteiger partial charge is 0.370 e. The van der Waals surface area contributed by atoms with E-state index in [9.17, 15) is 18.5 Å². The van der Waals surface area contributed by atoms with E-state index in [0.717, 1.165) is 18.5 Å². The monoisotopic (exact) mass is 405 g/mol. The fourth-order valence-electron chi connectivity index (χ4n) is 3.02. The average molecular weight is 406 g/mol. The zero-order chi connectivity index (χ0) is 17.2. The Morgan fingerprint density at radius 2 is 2.00 bits per heavy atom. The zero-order valence-corrected chi connectivity index (χ0v) is 15.5. The van der Waals surface area contributed by atoms with Gasteiger partial charge < -0.3 is 4.90 Å². The molecule has 0 spiro atoms. The van der Waals surface area contributed by atoms with E-state index in [1.54, 1.807) is 10.4 Å². The number of anilines is 1. The van der Waals surface area contributed by atoms with Crippen LogP contribution in [0, 0.1) is 10.1 Å². The average Bonchev–Trinajstić information content (AvgIpc) is 2.47. The third kappa shape index (κ3) is 4.21. The number of nitro groups is 1. The molecule has 1 saturated heterocycles. The van der Waals surface area contributed by atoms with E-state index >= 15 is 0 Å². The van der Waals surface area contributed by atoms with Crippen LogP contribution in [0.5, 0.6) is 0 Å². The first kappa shape index (κ1) is 18.2. The van der Waals surface area contributed by atoms with Gasteiger partial charge in [-0.3, -0.25) is 10.1 Å². The summed E-state index contributed by atoms with van der Waals surface area (Å²) in [6, 6.07) is 4.73. The molecule has 0 radical (unpaired) electrons. The Hall–Kier alpha value is -1.19. The van der Waals surface area contributed by atoms with Crippen LogP contribution < -0.4 is 4.90 Å². The summed E-state index contributed by atoms with van der Waals surface area (Å²) >= 11 is 3.39. The number of halogens is 1. The van der Waals surface area contributed by atoms with E-state index < -0.39 is 14.9 Å². The molecular weight excluding hydrogens is 386 g/mol. The van der Waals surface area contributed by atoms with Crippen LogP contribution in [0.2, 0.25) is 0 Å². The summed E-state index contributed by atoms with van der Waals surface area (Å²) in [6.45, 7) is 3.76. The van der Waals surface area contributed by atoms with Gasteiger partial charge in [0.15, 0.2) is 0 Å². The molecule has 7 nitrogen and oxygen atoms in total. The fourth-order valence-corrected chi connectivity index (χ4v) is 4.86. The third-order valence-corrected chi connectivity index (χ3v) is 6.14. The SMILES string of the molecule is CCN(C1CCN(c2ccc([N+](=O)[O-])cc2Br)CC1)S(C)(=O)=O. The van der Waals surface area contributed by atoms with E-state index in [1.165, 1.54) is 18.4 Å². The lowest BCUT2D eigenvalue weighted by atomic mass is 10.0. The van der Waals surface area contributed by atoms with E-state index in [0.29, 0.717) is 24.1 Å². The van der Waals surface area contributed by atoms with Gasteiger partial charge in [0, 0.05) is 42.3 Å². The Labute approximate surface area is 144 Å². The van der Waals surface area contributed by atoms with E-state index in [4.69, 9.17) is 0 Å². The van der Waals surface area contributed by atoms with Gasteiger partial charge in [-0.1, -0.05) is 6.92 Å². The molecule has 2 rings (SSSR count). The van der Waals surface area contributed by atoms with Crippen LogP contribution in [0.25, 0.3) is 0 Å². The van der Waals surface area contributed by atoms with Crippen molar-refractivity contribution in [3.05, 3.63) is 32.8 Å². The minimum absolute atomic E-state index is 0.0167. The standard InChI is InChI=1S/C14H20BrN3O4S/c1-3-17(23(2,21)22)11-6-8-16(9-7-11)14-5-4-12(18(19)20)10-13(14)15/h4-5,10-11H,3,6-9H2,1-2H3. The number of benzene rings is 1. The number of rotatable bonds is 5. The van der Waals surface area contributed by atoms with Gasteiger partial charge in [0.05, 0.1) is 16.9 Å². The molecule has 1 aliphatic heterocycles. The summed E-state index contributed by atoms with van der Waals surface area (Å²) in [6.07, 6.45) is 2.73. The van der Waals surface area contributed by atoms with Crippen LogP contribution >= 0.6 is 15.9 Å². The number of piperidine rings is 1. The normalized spacial score (nSPS) is 16.8. The quantitative estimate of drug-likeness (QED) is 0.555. The van der Waals surface area contributed by atoms with Crippen LogP contribution in [-0.4, -0.2) is 49.6 Å². The number of nitrogens with zero attached hydrogens (tertiary/aromatic N) is 3. The first-order chi connectivity index (χ1) is 10.7. The molecule has 0 unspecified atom stereocenters. The minimum Gasteiger partial charge on any atom is -0.370 e. The fraction of sp³-hybridized carbons (Fsp3) is 0.571. The van der Waals surface area contributed by atoms with Crippen molar-refractivity contribution in [1.82, 2.24) is 4.31 Å². The van der Waals surface area contributed by atoms with Crippen molar-refractivity contribution in [3.8, 4) is 0 Å². The minimum atomic E-state index is -3.19. The van der Waals surface area contributed by atoms with Crippen LogP contribution in [0.15, 0.2) is 22.7 Å². The maximum Gasteiger partial charge on any atom is 0.270 e. The lowest BCUT2D eigenvalue weighted by molar-refractivity contribution is -0.384. The molecule has 0 N–H and O–H groups in total. The molecule has 1 aromatic rings. The molecule has 1 fully saturated rings. The number of sulfonamides is 1. The van der Waals surface area contributed by atoms with Crippen LogP contribution in [0.4, 0.5) is 11.4 Å². The predicted molar refractivity (Wildman–Crippen MR) is 93.3 cm³/mol. The summed E-state index contributed by atoms with van der Waals surface area (Å²) in [5.74, 6) is 0. The van der Waals surface area contributed by atoms with Gasteiger partial charge in [-0.25, -0.2) is 8.42 Å². The highest BCUT2D eigenvalue weighted by atomic mass is 79.9. The lowest BCUT2D eigenvalue weighted by Gasteiger charge is -2.38. The van der Waals surface area contributed by atoms with Gasteiger partial charge in [0.1, 0.15) is 0 Å². The maximum atomic E-state index is 11.8. The smallest absolute Gasteiger partial charge is 0.270 e. The highest BCUT2D eigenvalue weighted by Crippen LogP contribution is 2.32. The van der Waals surface area contributed by atoms with Gasteiger partial charge >= 0.3 is 0 Å². The molecule has 0 aliphatic carbocycles. The summed E-state index contributed by atoms with van der Waals surface area (Å²) in [7, 11) is -3.19. The van der Waals surface area contributed by atoms with Gasteiger partial charge in [-0.2, -0.15) is 4.31 Å². The van der Waals surface area contributed by atoms with Crippen molar-refractivity contribution in [2.75, 3.05) is 30.8 Å². The highest BCUT2D eigenvalue weighted by molar-refractivity contribution is 9.10. The van der Waals surface area contributed by atoms with Gasteiger partial charge in [0.25, 0.3) is 5.69 Å². The Bertz CT molecular complexity index is 687. The summed E-state index contributed by atoms with van der Waals surface area (Å²) in [4.78, 5) is 12.5. The summed E-state index contributed by atoms with van der Waals surface area (Å²) in [5.41, 5.74) is 0.946. The van der Waals surface area contributed by atoms with Crippen molar-refractivity contribution >= 4 is 37.3 Å². The van der Waals surface area contributed by atoms with E-state index in [-0.39, 0.29) is 11.7 Å². The topological polar surface area (TPSA) is 83.8 Å². The Morgan fingerprint density at radius 1 is 1.39 bits per heavy atom. The van der Waals surface area contributed by atoms with Crippen molar-refractivity contribution in [2.24, 2.45) is 0 Å². The molecule has 0 aromatic heterocycles. The third-order valence-electron chi connectivity index (χ3n) is 4.09. The van der Waals surface area contributed by atoms with E-state index in [1.807, 2.05) is 6.92 Å². The first-order valence-electron chi connectivity index (χ1n) is 7.39. The Morgan fingerprint density at radius 3 is 2.43 bits per heavy atom. The maximum absolute atomic E-state index is 11.8. The van der Waals surface area contributed by atoms with Gasteiger partial charge in [-0.05, 0) is 34.8 Å². The highest BCUT2D eigenvalue weighted by Gasteiger charge is 2.29. The molecule has 1 aromatic carbocycles. The Kier molecular flexibility index (Phi) is 5.64. The zero-order valence-electron chi connectivity index (χ0n) is 13.1. The first-order valence-corrected chi connectivity index (χ1v) is 10.0. The Balaban J connectivity index is 2.09. The van der Waals surface area contributed by atoms with Crippen molar-refractivity contribution in [3.63, 3.8) is 0 Å². The number of hydrogen-bond donors (Lipinski definition) is 0. The lowest BCUT2D eigenvalue weighted by Crippen LogP contribution is -2.47. The molecule has 1 heterocycles. The predicted octanol–water partition coefficient (Wildman–Crippen LogP) is 2.61. The molecule has 1 aliphatic rings.